The van der Waals surface area contributed by atoms with Gasteiger partial charge in [-0.25, -0.2) is 0 Å². The molecule has 1 saturated carbocycles. The second kappa shape index (κ2) is 8.52. The Balaban J connectivity index is 1.71. The summed E-state index contributed by atoms with van der Waals surface area (Å²) < 4.78 is 5.38. The van der Waals surface area contributed by atoms with Crippen molar-refractivity contribution in [1.29, 1.82) is 5.26 Å². The molecule has 0 saturated heterocycles. The van der Waals surface area contributed by atoms with E-state index in [9.17, 15) is 0 Å². The first-order valence-electron chi connectivity index (χ1n) is 8.06. The van der Waals surface area contributed by atoms with Crippen LogP contribution in [0.4, 0.5) is 0 Å². The molecule has 0 bridgehead atoms. The summed E-state index contributed by atoms with van der Waals surface area (Å²) >= 11 is 0. The second-order valence-electron chi connectivity index (χ2n) is 5.93. The molecular formula is C19H25NO. The van der Waals surface area contributed by atoms with E-state index in [0.29, 0.717) is 5.92 Å². The van der Waals surface area contributed by atoms with Gasteiger partial charge in [-0.3, -0.25) is 0 Å². The zero-order valence-electron chi connectivity index (χ0n) is 12.9. The molecular weight excluding hydrogens is 258 g/mol. The molecule has 0 N–H and O–H groups in total. The summed E-state index contributed by atoms with van der Waals surface area (Å²) in [6.45, 7) is 2.82. The summed E-state index contributed by atoms with van der Waals surface area (Å²) in [4.78, 5) is 0. The summed E-state index contributed by atoms with van der Waals surface area (Å²) in [5, 5.41) is 8.85. The van der Waals surface area contributed by atoms with E-state index in [4.69, 9.17) is 10.00 Å². The molecule has 0 unspecified atom stereocenters. The third-order valence-corrected chi connectivity index (χ3v) is 4.46. The zero-order chi connectivity index (χ0) is 14.9. The van der Waals surface area contributed by atoms with Gasteiger partial charge in [-0.05, 0) is 75.0 Å². The Morgan fingerprint density at radius 1 is 1.19 bits per heavy atom. The highest BCUT2D eigenvalue weighted by Gasteiger charge is 2.21. The molecule has 0 spiro atoms. The van der Waals surface area contributed by atoms with Crippen LogP contribution in [-0.2, 0) is 4.74 Å². The zero-order valence-corrected chi connectivity index (χ0v) is 12.9. The van der Waals surface area contributed by atoms with Gasteiger partial charge < -0.3 is 4.74 Å². The van der Waals surface area contributed by atoms with E-state index in [2.05, 4.69) is 18.2 Å². The van der Waals surface area contributed by atoms with E-state index in [-0.39, 0.29) is 0 Å². The van der Waals surface area contributed by atoms with Crippen LogP contribution >= 0.6 is 0 Å². The average Bonchev–Trinajstić information content (AvgIpc) is 2.55. The normalized spacial score (nSPS) is 22.1. The molecule has 1 aromatic carbocycles. The molecule has 1 aliphatic carbocycles. The third kappa shape index (κ3) is 4.93. The molecule has 2 rings (SSSR count). The monoisotopic (exact) mass is 283 g/mol. The molecule has 0 amide bonds. The molecule has 0 aliphatic heterocycles. The highest BCUT2D eigenvalue weighted by atomic mass is 16.5. The predicted octanol–water partition coefficient (Wildman–Crippen LogP) is 5.16. The van der Waals surface area contributed by atoms with Crippen molar-refractivity contribution in [2.45, 2.75) is 51.4 Å². The van der Waals surface area contributed by atoms with Crippen molar-refractivity contribution in [3.63, 3.8) is 0 Å². The lowest BCUT2D eigenvalue weighted by atomic mass is 9.77. The first-order valence-corrected chi connectivity index (χ1v) is 8.06. The van der Waals surface area contributed by atoms with Crippen molar-refractivity contribution in [3.8, 4) is 6.07 Å². The van der Waals surface area contributed by atoms with Crippen molar-refractivity contribution < 1.29 is 4.74 Å². The predicted molar refractivity (Wildman–Crippen MR) is 85.9 cm³/mol. The molecule has 0 atom stereocenters. The molecule has 1 aliphatic rings. The lowest BCUT2D eigenvalue weighted by Gasteiger charge is -2.28. The van der Waals surface area contributed by atoms with E-state index in [0.717, 1.165) is 24.5 Å². The first-order chi connectivity index (χ1) is 10.3. The fourth-order valence-electron chi connectivity index (χ4n) is 3.23. The highest BCUT2D eigenvalue weighted by Crippen LogP contribution is 2.37. The molecule has 2 nitrogen and oxygen atoms in total. The summed E-state index contributed by atoms with van der Waals surface area (Å²) in [6, 6.07) is 10.3. The summed E-state index contributed by atoms with van der Waals surface area (Å²) in [5.41, 5.74) is 2.16. The number of allylic oxidation sites excluding steroid dienone is 1. The minimum atomic E-state index is 0.688. The van der Waals surface area contributed by atoms with Crippen LogP contribution in [0.3, 0.4) is 0 Å². The number of hydrogen-bond acceptors (Lipinski definition) is 2. The van der Waals surface area contributed by atoms with Gasteiger partial charge in [0.05, 0.1) is 24.5 Å². The van der Waals surface area contributed by atoms with E-state index < -0.39 is 0 Å². The Morgan fingerprint density at radius 3 is 2.52 bits per heavy atom. The summed E-state index contributed by atoms with van der Waals surface area (Å²) in [5.74, 6) is 1.56. The maximum absolute atomic E-state index is 8.85. The molecule has 0 heterocycles. The molecule has 21 heavy (non-hydrogen) atoms. The largest absolute Gasteiger partial charge is 0.502 e. The summed E-state index contributed by atoms with van der Waals surface area (Å²) in [7, 11) is 0. The molecule has 112 valence electrons. The van der Waals surface area contributed by atoms with Gasteiger partial charge in [-0.15, -0.1) is 0 Å². The Hall–Kier alpha value is -1.75. The van der Waals surface area contributed by atoms with Crippen LogP contribution in [0.1, 0.15) is 62.5 Å². The van der Waals surface area contributed by atoms with Gasteiger partial charge >= 0.3 is 0 Å². The first kappa shape index (κ1) is 15.6. The second-order valence-corrected chi connectivity index (χ2v) is 5.93. The average molecular weight is 283 g/mol. The fourth-order valence-corrected chi connectivity index (χ4v) is 3.23. The molecule has 0 radical (unpaired) electrons. The lowest BCUT2D eigenvalue weighted by molar-refractivity contribution is 0.219. The van der Waals surface area contributed by atoms with Crippen LogP contribution in [0.25, 0.3) is 0 Å². The van der Waals surface area contributed by atoms with Crippen LogP contribution in [0, 0.1) is 17.2 Å². The highest BCUT2D eigenvalue weighted by molar-refractivity contribution is 5.33. The van der Waals surface area contributed by atoms with E-state index in [1.165, 1.54) is 37.7 Å². The van der Waals surface area contributed by atoms with Gasteiger partial charge in [0, 0.05) is 0 Å². The minimum absolute atomic E-state index is 0.688. The van der Waals surface area contributed by atoms with Gasteiger partial charge in [0.2, 0.25) is 0 Å². The Labute approximate surface area is 128 Å². The molecule has 1 fully saturated rings. The number of benzene rings is 1. The van der Waals surface area contributed by atoms with Crippen molar-refractivity contribution >= 4 is 0 Å². The SMILES string of the molecule is C/C=C/OCCCC1CCC(c2ccc(C#N)cc2)CC1. The van der Waals surface area contributed by atoms with Gasteiger partial charge in [0.1, 0.15) is 0 Å². The number of nitriles is 1. The Kier molecular flexibility index (Phi) is 6.34. The van der Waals surface area contributed by atoms with E-state index >= 15 is 0 Å². The quantitative estimate of drug-likeness (QED) is 0.533. The lowest BCUT2D eigenvalue weighted by Crippen LogP contribution is -2.13. The van der Waals surface area contributed by atoms with Gasteiger partial charge in [0.15, 0.2) is 0 Å². The van der Waals surface area contributed by atoms with Crippen LogP contribution in [-0.4, -0.2) is 6.61 Å². The van der Waals surface area contributed by atoms with Gasteiger partial charge in [-0.2, -0.15) is 5.26 Å². The van der Waals surface area contributed by atoms with Crippen LogP contribution in [0.15, 0.2) is 36.6 Å². The topological polar surface area (TPSA) is 33.0 Å². The molecule has 0 aromatic heterocycles. The number of nitrogens with zero attached hydrogens (tertiary/aromatic N) is 1. The van der Waals surface area contributed by atoms with Gasteiger partial charge in [0.25, 0.3) is 0 Å². The Bertz CT molecular complexity index is 475. The van der Waals surface area contributed by atoms with Crippen LogP contribution in [0.2, 0.25) is 0 Å². The standard InChI is InChI=1S/C19H25NO/c1-2-13-21-14-3-4-16-5-9-18(10-6-16)19-11-7-17(15-20)8-12-19/h2,7-8,11-13,16,18H,3-6,9-10,14H2,1H3/b13-2+. The Morgan fingerprint density at radius 2 is 1.90 bits per heavy atom. The smallest absolute Gasteiger partial charge is 0.0991 e. The third-order valence-electron chi connectivity index (χ3n) is 4.46. The van der Waals surface area contributed by atoms with Crippen molar-refractivity contribution in [3.05, 3.63) is 47.7 Å². The number of rotatable bonds is 6. The summed E-state index contributed by atoms with van der Waals surface area (Å²) in [6.07, 6.45) is 11.4. The maximum Gasteiger partial charge on any atom is 0.0991 e. The van der Waals surface area contributed by atoms with E-state index in [1.54, 1.807) is 6.26 Å². The number of ether oxygens (including phenoxy) is 1. The van der Waals surface area contributed by atoms with Crippen LogP contribution < -0.4 is 0 Å². The van der Waals surface area contributed by atoms with Crippen molar-refractivity contribution in [2.24, 2.45) is 5.92 Å². The fraction of sp³-hybridized carbons (Fsp3) is 0.526. The van der Waals surface area contributed by atoms with Crippen LogP contribution in [0.5, 0.6) is 0 Å². The van der Waals surface area contributed by atoms with Crippen molar-refractivity contribution in [1.82, 2.24) is 0 Å². The number of hydrogen-bond donors (Lipinski definition) is 0. The minimum Gasteiger partial charge on any atom is -0.502 e. The molecule has 1 aromatic rings. The molecule has 2 heteroatoms. The van der Waals surface area contributed by atoms with Crippen molar-refractivity contribution in [2.75, 3.05) is 6.61 Å². The van der Waals surface area contributed by atoms with E-state index in [1.807, 2.05) is 25.1 Å². The van der Waals surface area contributed by atoms with Gasteiger partial charge in [-0.1, -0.05) is 18.2 Å². The maximum atomic E-state index is 8.85.